The molecule has 1 heterocycles. The summed E-state index contributed by atoms with van der Waals surface area (Å²) in [7, 11) is 1.90. The maximum absolute atomic E-state index is 12.2. The average Bonchev–Trinajstić information content (AvgIpc) is 2.88. The first-order chi connectivity index (χ1) is 17.3. The fourth-order valence-electron chi connectivity index (χ4n) is 4.87. The Labute approximate surface area is 244 Å². The summed E-state index contributed by atoms with van der Waals surface area (Å²) in [5.41, 5.74) is 13.8. The van der Waals surface area contributed by atoms with Crippen molar-refractivity contribution >= 4 is 17.4 Å². The van der Waals surface area contributed by atoms with Crippen LogP contribution in [0.15, 0.2) is 72.6 Å². The third-order valence-electron chi connectivity index (χ3n) is 7.09. The van der Waals surface area contributed by atoms with Crippen LogP contribution in [-0.4, -0.2) is 47.8 Å². The molecule has 0 aromatic heterocycles. The Kier molecular flexibility index (Phi) is 11.6. The molecule has 1 aliphatic heterocycles. The van der Waals surface area contributed by atoms with Gasteiger partial charge >= 0.3 is 31.1 Å². The van der Waals surface area contributed by atoms with Crippen LogP contribution in [0.2, 0.25) is 0 Å². The third kappa shape index (κ3) is 7.78. The number of carbonyl (C=O) groups is 2. The van der Waals surface area contributed by atoms with E-state index in [0.717, 1.165) is 44.3 Å². The zero-order valence-electron chi connectivity index (χ0n) is 21.6. The van der Waals surface area contributed by atoms with Gasteiger partial charge in [-0.25, -0.2) is 0 Å². The Morgan fingerprint density at radius 1 is 1.05 bits per heavy atom. The van der Waals surface area contributed by atoms with Crippen molar-refractivity contribution in [1.82, 2.24) is 9.80 Å². The molecule has 2 aromatic rings. The van der Waals surface area contributed by atoms with E-state index in [-0.39, 0.29) is 54.1 Å². The van der Waals surface area contributed by atoms with E-state index in [1.54, 1.807) is 19.1 Å². The van der Waals surface area contributed by atoms with Crippen molar-refractivity contribution in [2.75, 3.05) is 20.1 Å². The first-order valence-corrected chi connectivity index (χ1v) is 12.1. The molecule has 4 rings (SSSR count). The van der Waals surface area contributed by atoms with Gasteiger partial charge in [0.05, 0.1) is 5.57 Å². The average molecular weight is 721 g/mol. The first kappa shape index (κ1) is 30.3. The second kappa shape index (κ2) is 14.1. The number of rotatable bonds is 5. The van der Waals surface area contributed by atoms with Crippen LogP contribution in [0.1, 0.15) is 38.2 Å². The summed E-state index contributed by atoms with van der Waals surface area (Å²) in [6, 6.07) is 22.9. The molecule has 2 aromatic carbocycles. The molecule has 1 saturated heterocycles. The molecular formula is C30H34N4O2U. The molecule has 2 amide bonds. The number of amides is 2. The summed E-state index contributed by atoms with van der Waals surface area (Å²) in [4.78, 5) is 27.9. The number of piperidine rings is 1. The summed E-state index contributed by atoms with van der Waals surface area (Å²) in [6.07, 6.45) is 3.89. The van der Waals surface area contributed by atoms with Gasteiger partial charge in [0.2, 0.25) is 0 Å². The quantitative estimate of drug-likeness (QED) is 0.215. The van der Waals surface area contributed by atoms with Crippen molar-refractivity contribution in [2.45, 2.75) is 38.6 Å². The molecular weight excluding hydrogens is 686 g/mol. The number of carbonyl (C=O) groups excluding carboxylic acids is 2. The Hall–Kier alpha value is -2.93. The third-order valence-corrected chi connectivity index (χ3v) is 7.09. The van der Waals surface area contributed by atoms with Gasteiger partial charge in [0.15, 0.2) is 0 Å². The van der Waals surface area contributed by atoms with Crippen LogP contribution < -0.4 is 11.5 Å². The number of likely N-dealkylation sites (tertiary alicyclic amines) is 1. The maximum atomic E-state index is 12.2. The van der Waals surface area contributed by atoms with Crippen LogP contribution in [0.5, 0.6) is 0 Å². The summed E-state index contributed by atoms with van der Waals surface area (Å²) in [6.45, 7) is 7.21. The van der Waals surface area contributed by atoms with Crippen molar-refractivity contribution in [3.8, 4) is 11.8 Å². The fourth-order valence-corrected chi connectivity index (χ4v) is 4.87. The number of nitrogens with zero attached hydrogens (tertiary/aromatic N) is 2. The molecule has 1 saturated carbocycles. The predicted molar refractivity (Wildman–Crippen MR) is 142 cm³/mol. The van der Waals surface area contributed by atoms with Crippen molar-refractivity contribution < 1.29 is 40.7 Å². The molecule has 2 aliphatic rings. The monoisotopic (exact) mass is 720 g/mol. The molecule has 37 heavy (non-hydrogen) atoms. The SMILES string of the molecule is C=C(/C(C(N)=O)=C(/N)N(C)C1CC2(CCN(C(=O)C#CC)CC2)C1)c1cc[c-]cc1.[U+2].[c-]1ccccc1. The van der Waals surface area contributed by atoms with Gasteiger partial charge in [-0.2, -0.15) is 66.7 Å². The van der Waals surface area contributed by atoms with E-state index < -0.39 is 5.91 Å². The minimum absolute atomic E-state index is 0. The van der Waals surface area contributed by atoms with E-state index >= 15 is 0 Å². The number of hydrogen-bond donors (Lipinski definition) is 2. The van der Waals surface area contributed by atoms with Crippen molar-refractivity contribution in [2.24, 2.45) is 16.9 Å². The van der Waals surface area contributed by atoms with Gasteiger partial charge in [-0.15, -0.1) is 5.56 Å². The zero-order chi connectivity index (χ0) is 26.1. The maximum Gasteiger partial charge on any atom is 2.00 e. The van der Waals surface area contributed by atoms with Crippen LogP contribution in [0.25, 0.3) is 5.57 Å². The van der Waals surface area contributed by atoms with E-state index in [2.05, 4.69) is 30.6 Å². The van der Waals surface area contributed by atoms with Gasteiger partial charge in [-0.05, 0) is 49.5 Å². The Balaban J connectivity index is 0.000000604. The van der Waals surface area contributed by atoms with Crippen LogP contribution in [0, 0.1) is 60.5 Å². The molecule has 0 radical (unpaired) electrons. The smallest absolute Gasteiger partial charge is 0.385 e. The van der Waals surface area contributed by atoms with Gasteiger partial charge in [0, 0.05) is 26.2 Å². The van der Waals surface area contributed by atoms with Crippen LogP contribution in [0.4, 0.5) is 0 Å². The van der Waals surface area contributed by atoms with Crippen LogP contribution >= 0.6 is 0 Å². The number of hydrogen-bond acceptors (Lipinski definition) is 4. The van der Waals surface area contributed by atoms with Crippen molar-refractivity contribution in [3.63, 3.8) is 0 Å². The van der Waals surface area contributed by atoms with Gasteiger partial charge < -0.3 is 21.3 Å². The Bertz CT molecular complexity index is 1130. The first-order valence-electron chi connectivity index (χ1n) is 12.1. The minimum Gasteiger partial charge on any atom is -0.385 e. The molecule has 0 unspecified atom stereocenters. The van der Waals surface area contributed by atoms with Crippen LogP contribution in [0.3, 0.4) is 0 Å². The zero-order valence-corrected chi connectivity index (χ0v) is 25.8. The van der Waals surface area contributed by atoms with Crippen molar-refractivity contribution in [1.29, 1.82) is 0 Å². The van der Waals surface area contributed by atoms with Gasteiger partial charge in [-0.3, -0.25) is 9.59 Å². The predicted octanol–water partition coefficient (Wildman–Crippen LogP) is 3.37. The number of primary amides is 1. The molecule has 0 bridgehead atoms. The fraction of sp³-hybridized carbons (Fsp3) is 0.333. The van der Waals surface area contributed by atoms with Crippen LogP contribution in [-0.2, 0) is 9.59 Å². The molecule has 2 fully saturated rings. The summed E-state index contributed by atoms with van der Waals surface area (Å²) in [5.74, 6) is 4.97. The van der Waals surface area contributed by atoms with E-state index in [9.17, 15) is 9.59 Å². The van der Waals surface area contributed by atoms with E-state index in [4.69, 9.17) is 11.5 Å². The molecule has 7 heteroatoms. The Morgan fingerprint density at radius 2 is 1.62 bits per heavy atom. The standard InChI is InChI=1S/C24H29N4O2.C6H5.U/c1-4-8-20(29)28-13-11-24(12-14-28)15-19(16-24)27(3)22(25)21(23(26)30)17(2)18-9-6-5-7-10-18;1-2-4-6-5-3-1;/h6-7,9-10,19H,2,11-16,25H2,1,3H3,(H2,26,30);1-5H;/q2*-1;+2/b22-21+;;. The number of benzene rings is 2. The molecule has 4 N–H and O–H groups in total. The molecule has 1 aliphatic carbocycles. The second-order valence-electron chi connectivity index (χ2n) is 9.31. The number of nitrogens with two attached hydrogens (primary N) is 2. The van der Waals surface area contributed by atoms with Crippen molar-refractivity contribution in [3.05, 3.63) is 90.3 Å². The van der Waals surface area contributed by atoms with Gasteiger partial charge in [0.25, 0.3) is 11.8 Å². The van der Waals surface area contributed by atoms with E-state index in [1.165, 1.54) is 0 Å². The summed E-state index contributed by atoms with van der Waals surface area (Å²) < 4.78 is 0. The van der Waals surface area contributed by atoms with Gasteiger partial charge in [-0.1, -0.05) is 12.5 Å². The minimum atomic E-state index is -0.588. The van der Waals surface area contributed by atoms with Gasteiger partial charge in [0.1, 0.15) is 5.82 Å². The Morgan fingerprint density at radius 3 is 2.08 bits per heavy atom. The normalized spacial score (nSPS) is 16.3. The van der Waals surface area contributed by atoms with E-state index in [0.29, 0.717) is 11.4 Å². The molecule has 0 atom stereocenters. The molecule has 190 valence electrons. The second-order valence-corrected chi connectivity index (χ2v) is 9.31. The summed E-state index contributed by atoms with van der Waals surface area (Å²) >= 11 is 0. The summed E-state index contributed by atoms with van der Waals surface area (Å²) in [5, 5.41) is 0. The van der Waals surface area contributed by atoms with E-state index in [1.807, 2.05) is 59.3 Å². The largest absolute Gasteiger partial charge is 2.00 e. The topological polar surface area (TPSA) is 92.7 Å². The molecule has 6 nitrogen and oxygen atoms in total. The molecule has 1 spiro atoms.